The molecule has 2 fully saturated rings. The number of benzene rings is 1. The van der Waals surface area contributed by atoms with E-state index in [1.54, 1.807) is 21.3 Å². The first-order chi connectivity index (χ1) is 13.2. The Hall–Kier alpha value is -1.38. The molecule has 152 valence electrons. The number of ether oxygens (including phenoxy) is 5. The van der Waals surface area contributed by atoms with E-state index in [0.717, 1.165) is 37.1 Å². The summed E-state index contributed by atoms with van der Waals surface area (Å²) in [6, 6.07) is 4.45. The van der Waals surface area contributed by atoms with Gasteiger partial charge in [-0.25, -0.2) is 10.4 Å². The first-order valence-electron chi connectivity index (χ1n) is 9.68. The number of nitrogens with one attached hydrogen (secondary N) is 1. The second-order valence-corrected chi connectivity index (χ2v) is 7.06. The molecule has 1 aromatic rings. The predicted octanol–water partition coefficient (Wildman–Crippen LogP) is 2.82. The molecule has 2 aliphatic rings. The van der Waals surface area contributed by atoms with Crippen molar-refractivity contribution in [3.63, 3.8) is 0 Å². The van der Waals surface area contributed by atoms with Crippen molar-refractivity contribution in [1.82, 2.24) is 10.4 Å². The lowest BCUT2D eigenvalue weighted by Crippen LogP contribution is -2.45. The van der Waals surface area contributed by atoms with Gasteiger partial charge >= 0.3 is 0 Å². The highest BCUT2D eigenvalue weighted by Crippen LogP contribution is 2.38. The van der Waals surface area contributed by atoms with Crippen LogP contribution in [0.4, 0.5) is 0 Å². The van der Waals surface area contributed by atoms with Gasteiger partial charge in [0.1, 0.15) is 0 Å². The van der Waals surface area contributed by atoms with Crippen LogP contribution in [-0.2, 0) is 14.2 Å². The second-order valence-electron chi connectivity index (χ2n) is 7.06. The quantitative estimate of drug-likeness (QED) is 0.744. The van der Waals surface area contributed by atoms with E-state index in [4.69, 9.17) is 23.7 Å². The van der Waals surface area contributed by atoms with E-state index in [1.165, 1.54) is 6.42 Å². The van der Waals surface area contributed by atoms with Crippen LogP contribution in [0.2, 0.25) is 0 Å². The summed E-state index contributed by atoms with van der Waals surface area (Å²) >= 11 is 0. The van der Waals surface area contributed by atoms with Crippen LogP contribution in [0.25, 0.3) is 0 Å². The molecule has 0 radical (unpaired) electrons. The van der Waals surface area contributed by atoms with Gasteiger partial charge in [0.15, 0.2) is 17.8 Å². The van der Waals surface area contributed by atoms with Crippen molar-refractivity contribution in [3.8, 4) is 11.5 Å². The van der Waals surface area contributed by atoms with Crippen LogP contribution in [0, 0.1) is 0 Å². The lowest BCUT2D eigenvalue weighted by molar-refractivity contribution is -0.183. The standard InChI is InChI=1S/C20H32N2O5/c1-14(21-22-8-5-7-15(22)13-23-2)16-11-18(24-3)19(25-4)12-17(16)20-26-9-6-10-27-20/h11-12,14-15,20-21H,5-10,13H2,1-4H3/t14-,15+/m1/s1. The lowest BCUT2D eigenvalue weighted by atomic mass is 9.99. The monoisotopic (exact) mass is 380 g/mol. The van der Waals surface area contributed by atoms with Crippen molar-refractivity contribution in [3.05, 3.63) is 23.3 Å². The van der Waals surface area contributed by atoms with Gasteiger partial charge in [-0.3, -0.25) is 0 Å². The van der Waals surface area contributed by atoms with Crippen LogP contribution in [0.5, 0.6) is 11.5 Å². The molecule has 0 unspecified atom stereocenters. The molecule has 1 aromatic carbocycles. The number of hydrogen-bond acceptors (Lipinski definition) is 7. The Kier molecular flexibility index (Phi) is 7.32. The molecule has 2 atom stereocenters. The normalized spacial score (nSPS) is 22.7. The van der Waals surface area contributed by atoms with Gasteiger partial charge in [-0.1, -0.05) is 0 Å². The average molecular weight is 380 g/mol. The van der Waals surface area contributed by atoms with E-state index in [9.17, 15) is 0 Å². The zero-order valence-electron chi connectivity index (χ0n) is 16.8. The Morgan fingerprint density at radius 3 is 2.48 bits per heavy atom. The minimum atomic E-state index is -0.383. The van der Waals surface area contributed by atoms with E-state index in [-0.39, 0.29) is 12.3 Å². The number of nitrogens with zero attached hydrogens (tertiary/aromatic N) is 1. The van der Waals surface area contributed by atoms with E-state index < -0.39 is 0 Å². The summed E-state index contributed by atoms with van der Waals surface area (Å²) in [5, 5.41) is 2.29. The maximum atomic E-state index is 5.88. The van der Waals surface area contributed by atoms with Crippen molar-refractivity contribution in [1.29, 1.82) is 0 Å². The van der Waals surface area contributed by atoms with Crippen LogP contribution in [0.1, 0.15) is 49.6 Å². The SMILES string of the molecule is COC[C@@H]1CCCN1N[C@H](C)c1cc(OC)c(OC)cc1C1OCCCO1. The van der Waals surface area contributed by atoms with Gasteiger partial charge in [0.05, 0.1) is 34.0 Å². The van der Waals surface area contributed by atoms with E-state index in [1.807, 2.05) is 12.1 Å². The largest absolute Gasteiger partial charge is 0.493 e. The molecule has 0 aromatic heterocycles. The molecule has 0 saturated carbocycles. The molecule has 1 N–H and O–H groups in total. The number of hydrogen-bond donors (Lipinski definition) is 1. The van der Waals surface area contributed by atoms with Gasteiger partial charge in [-0.15, -0.1) is 0 Å². The highest BCUT2D eigenvalue weighted by atomic mass is 16.7. The summed E-state index contributed by atoms with van der Waals surface area (Å²) in [5.74, 6) is 1.38. The molecular weight excluding hydrogens is 348 g/mol. The molecule has 0 aliphatic carbocycles. The van der Waals surface area contributed by atoms with E-state index >= 15 is 0 Å². The summed E-state index contributed by atoms with van der Waals surface area (Å²) in [7, 11) is 5.05. The third-order valence-corrected chi connectivity index (χ3v) is 5.23. The van der Waals surface area contributed by atoms with Crippen molar-refractivity contribution in [2.45, 2.75) is 44.6 Å². The summed E-state index contributed by atoms with van der Waals surface area (Å²) in [6.07, 6.45) is 2.84. The predicted molar refractivity (Wildman–Crippen MR) is 102 cm³/mol. The van der Waals surface area contributed by atoms with Gasteiger partial charge < -0.3 is 23.7 Å². The molecule has 3 rings (SSSR count). The zero-order chi connectivity index (χ0) is 19.2. The molecule has 27 heavy (non-hydrogen) atoms. The van der Waals surface area contributed by atoms with Crippen molar-refractivity contribution < 1.29 is 23.7 Å². The Balaban J connectivity index is 1.86. The third kappa shape index (κ3) is 4.73. The van der Waals surface area contributed by atoms with Crippen molar-refractivity contribution >= 4 is 0 Å². The van der Waals surface area contributed by atoms with Crippen LogP contribution in [-0.4, -0.2) is 58.7 Å². The van der Waals surface area contributed by atoms with Crippen molar-refractivity contribution in [2.75, 3.05) is 47.7 Å². The van der Waals surface area contributed by atoms with Gasteiger partial charge in [0, 0.05) is 31.3 Å². The lowest BCUT2D eigenvalue weighted by Gasteiger charge is -2.32. The fourth-order valence-electron chi connectivity index (χ4n) is 3.85. The minimum absolute atomic E-state index is 0.0615. The number of methoxy groups -OCH3 is 3. The second kappa shape index (κ2) is 9.71. The average Bonchev–Trinajstić information content (AvgIpc) is 3.14. The van der Waals surface area contributed by atoms with Crippen LogP contribution < -0.4 is 14.9 Å². The summed E-state index contributed by atoms with van der Waals surface area (Å²) in [5.41, 5.74) is 5.71. The van der Waals surface area contributed by atoms with Gasteiger partial charge in [-0.05, 0) is 43.9 Å². The van der Waals surface area contributed by atoms with Gasteiger partial charge in [0.2, 0.25) is 0 Å². The maximum Gasteiger partial charge on any atom is 0.184 e. The summed E-state index contributed by atoms with van der Waals surface area (Å²) in [6.45, 7) is 5.28. The zero-order valence-corrected chi connectivity index (χ0v) is 16.8. The fraction of sp³-hybridized carbons (Fsp3) is 0.700. The van der Waals surface area contributed by atoms with Crippen LogP contribution in [0.15, 0.2) is 12.1 Å². The Morgan fingerprint density at radius 1 is 1.11 bits per heavy atom. The Labute approximate surface area is 161 Å². The van der Waals surface area contributed by atoms with Crippen molar-refractivity contribution in [2.24, 2.45) is 0 Å². The van der Waals surface area contributed by atoms with Gasteiger partial charge in [-0.2, -0.15) is 0 Å². The molecule has 7 nitrogen and oxygen atoms in total. The topological polar surface area (TPSA) is 61.4 Å². The van der Waals surface area contributed by atoms with Crippen LogP contribution in [0.3, 0.4) is 0 Å². The highest BCUT2D eigenvalue weighted by Gasteiger charge is 2.29. The minimum Gasteiger partial charge on any atom is -0.493 e. The Bertz CT molecular complexity index is 606. The molecular formula is C20H32N2O5. The smallest absolute Gasteiger partial charge is 0.184 e. The molecule has 2 heterocycles. The molecule has 0 bridgehead atoms. The number of hydrazine groups is 1. The number of rotatable bonds is 8. The molecule has 0 spiro atoms. The Morgan fingerprint density at radius 2 is 1.81 bits per heavy atom. The summed E-state index contributed by atoms with van der Waals surface area (Å²) in [4.78, 5) is 0. The highest BCUT2D eigenvalue weighted by molar-refractivity contribution is 5.49. The van der Waals surface area contributed by atoms with E-state index in [2.05, 4.69) is 17.4 Å². The molecule has 0 amide bonds. The fourth-order valence-corrected chi connectivity index (χ4v) is 3.85. The molecule has 2 saturated heterocycles. The first-order valence-corrected chi connectivity index (χ1v) is 9.68. The molecule has 2 aliphatic heterocycles. The summed E-state index contributed by atoms with van der Waals surface area (Å²) < 4.78 is 28.2. The van der Waals surface area contributed by atoms with Gasteiger partial charge in [0.25, 0.3) is 0 Å². The first kappa shape index (κ1) is 20.4. The van der Waals surface area contributed by atoms with E-state index in [0.29, 0.717) is 30.8 Å². The van der Waals surface area contributed by atoms with Crippen LogP contribution >= 0.6 is 0 Å². The maximum absolute atomic E-state index is 5.88. The molecule has 7 heteroatoms. The third-order valence-electron chi connectivity index (χ3n) is 5.23.